The number of amides is 2. The Balaban J connectivity index is 1.38. The summed E-state index contributed by atoms with van der Waals surface area (Å²) in [6.07, 6.45) is 9.05. The van der Waals surface area contributed by atoms with E-state index in [0.717, 1.165) is 50.6 Å². The number of rotatable bonds is 5. The topological polar surface area (TPSA) is 75.2 Å². The van der Waals surface area contributed by atoms with Gasteiger partial charge in [0.05, 0.1) is 11.3 Å². The van der Waals surface area contributed by atoms with E-state index in [0.29, 0.717) is 36.1 Å². The van der Waals surface area contributed by atoms with Crippen molar-refractivity contribution in [2.45, 2.75) is 64.3 Å². The molecule has 32 heavy (non-hydrogen) atoms. The van der Waals surface area contributed by atoms with Gasteiger partial charge in [-0.25, -0.2) is 14.4 Å². The summed E-state index contributed by atoms with van der Waals surface area (Å²) >= 11 is 0. The molecule has 1 atom stereocenters. The van der Waals surface area contributed by atoms with Crippen LogP contribution in [0.3, 0.4) is 0 Å². The number of hydrogen-bond donors (Lipinski definition) is 1. The summed E-state index contributed by atoms with van der Waals surface area (Å²) in [6, 6.07) is 6.03. The molecule has 1 aromatic heterocycles. The van der Waals surface area contributed by atoms with E-state index >= 15 is 0 Å². The van der Waals surface area contributed by atoms with E-state index in [4.69, 9.17) is 0 Å². The fourth-order valence-electron chi connectivity index (χ4n) is 4.78. The molecule has 0 spiro atoms. The van der Waals surface area contributed by atoms with E-state index in [2.05, 4.69) is 15.3 Å². The van der Waals surface area contributed by atoms with Gasteiger partial charge in [-0.15, -0.1) is 0 Å². The van der Waals surface area contributed by atoms with Crippen molar-refractivity contribution in [3.8, 4) is 0 Å². The number of likely N-dealkylation sites (tertiary alicyclic amines) is 1. The summed E-state index contributed by atoms with van der Waals surface area (Å²) in [4.78, 5) is 36.7. The highest BCUT2D eigenvalue weighted by Gasteiger charge is 2.31. The lowest BCUT2D eigenvalue weighted by molar-refractivity contribution is -0.137. The van der Waals surface area contributed by atoms with Crippen molar-refractivity contribution in [2.24, 2.45) is 5.92 Å². The fraction of sp³-hybridized carbons (Fsp3) is 0.520. The monoisotopic (exact) mass is 438 g/mol. The van der Waals surface area contributed by atoms with Crippen molar-refractivity contribution >= 4 is 11.8 Å². The zero-order chi connectivity index (χ0) is 22.5. The molecular formula is C25H31FN4O2. The SMILES string of the molecule is Cc1nc(C2CCCN(C(=O)C3CCCCC3)C2)ncc1C(=O)NCc1ccc(F)cc1. The lowest BCUT2D eigenvalue weighted by atomic mass is 9.87. The first-order chi connectivity index (χ1) is 15.5. The van der Waals surface area contributed by atoms with Gasteiger partial charge in [0.2, 0.25) is 5.91 Å². The third-order valence-electron chi connectivity index (χ3n) is 6.66. The molecule has 2 fully saturated rings. The number of nitrogens with zero attached hydrogens (tertiary/aromatic N) is 3. The second-order valence-electron chi connectivity index (χ2n) is 8.99. The Morgan fingerprint density at radius 2 is 1.84 bits per heavy atom. The van der Waals surface area contributed by atoms with E-state index in [1.54, 1.807) is 18.3 Å². The van der Waals surface area contributed by atoms with Crippen LogP contribution in [0, 0.1) is 18.7 Å². The standard InChI is InChI=1S/C25H31FN4O2/c1-17-22(24(31)28-14-18-9-11-21(26)12-10-18)15-27-23(29-17)20-8-5-13-30(16-20)25(32)19-6-3-2-4-7-19/h9-12,15,19-20H,2-8,13-14,16H2,1H3,(H,28,31). The maximum Gasteiger partial charge on any atom is 0.254 e. The van der Waals surface area contributed by atoms with Crippen LogP contribution in [0.2, 0.25) is 0 Å². The quantitative estimate of drug-likeness (QED) is 0.761. The van der Waals surface area contributed by atoms with Crippen molar-refractivity contribution in [1.29, 1.82) is 0 Å². The average molecular weight is 439 g/mol. The van der Waals surface area contributed by atoms with Gasteiger partial charge in [-0.1, -0.05) is 31.4 Å². The number of carbonyl (C=O) groups is 2. The first kappa shape index (κ1) is 22.4. The van der Waals surface area contributed by atoms with Crippen LogP contribution in [-0.4, -0.2) is 39.8 Å². The van der Waals surface area contributed by atoms with Crippen molar-refractivity contribution in [2.75, 3.05) is 13.1 Å². The summed E-state index contributed by atoms with van der Waals surface area (Å²) in [7, 11) is 0. The molecule has 4 rings (SSSR count). The van der Waals surface area contributed by atoms with Gasteiger partial charge in [-0.05, 0) is 50.3 Å². The minimum atomic E-state index is -0.304. The van der Waals surface area contributed by atoms with Crippen molar-refractivity contribution in [3.63, 3.8) is 0 Å². The Kier molecular flexibility index (Phi) is 7.12. The number of hydrogen-bond acceptors (Lipinski definition) is 4. The van der Waals surface area contributed by atoms with Crippen LogP contribution in [-0.2, 0) is 11.3 Å². The van der Waals surface area contributed by atoms with E-state index in [1.165, 1.54) is 18.6 Å². The second-order valence-corrected chi connectivity index (χ2v) is 8.99. The molecule has 2 amide bonds. The molecule has 1 unspecified atom stereocenters. The molecule has 1 saturated heterocycles. The van der Waals surface area contributed by atoms with Crippen LogP contribution >= 0.6 is 0 Å². The Morgan fingerprint density at radius 1 is 1.09 bits per heavy atom. The molecule has 7 heteroatoms. The zero-order valence-corrected chi connectivity index (χ0v) is 18.6. The summed E-state index contributed by atoms with van der Waals surface area (Å²) in [6.45, 7) is 3.59. The minimum Gasteiger partial charge on any atom is -0.348 e. The van der Waals surface area contributed by atoms with Gasteiger partial charge in [0, 0.05) is 37.7 Å². The maximum absolute atomic E-state index is 13.0. The number of carbonyl (C=O) groups excluding carboxylic acids is 2. The van der Waals surface area contributed by atoms with Crippen molar-refractivity contribution in [1.82, 2.24) is 20.2 Å². The number of benzene rings is 1. The van der Waals surface area contributed by atoms with Crippen LogP contribution in [0.1, 0.15) is 78.3 Å². The third kappa shape index (κ3) is 5.31. The number of halogens is 1. The van der Waals surface area contributed by atoms with Gasteiger partial charge in [0.15, 0.2) is 0 Å². The predicted molar refractivity (Wildman–Crippen MR) is 119 cm³/mol. The van der Waals surface area contributed by atoms with Crippen LogP contribution in [0.15, 0.2) is 30.5 Å². The lowest BCUT2D eigenvalue weighted by Gasteiger charge is -2.35. The van der Waals surface area contributed by atoms with Crippen LogP contribution in [0.25, 0.3) is 0 Å². The summed E-state index contributed by atoms with van der Waals surface area (Å²) < 4.78 is 13.0. The average Bonchev–Trinajstić information content (AvgIpc) is 2.83. The molecular weight excluding hydrogens is 407 g/mol. The highest BCUT2D eigenvalue weighted by atomic mass is 19.1. The molecule has 2 heterocycles. The third-order valence-corrected chi connectivity index (χ3v) is 6.66. The first-order valence-electron chi connectivity index (χ1n) is 11.7. The van der Waals surface area contributed by atoms with Gasteiger partial charge >= 0.3 is 0 Å². The molecule has 1 saturated carbocycles. The Bertz CT molecular complexity index is 957. The Hall–Kier alpha value is -2.83. The van der Waals surface area contributed by atoms with Crippen LogP contribution in [0.5, 0.6) is 0 Å². The molecule has 1 N–H and O–H groups in total. The Labute approximate surface area is 188 Å². The number of aryl methyl sites for hydroxylation is 1. The second kappa shape index (κ2) is 10.2. The molecule has 170 valence electrons. The predicted octanol–water partition coefficient (Wildman–Crippen LogP) is 4.14. The van der Waals surface area contributed by atoms with Crippen molar-refractivity contribution < 1.29 is 14.0 Å². The lowest BCUT2D eigenvalue weighted by Crippen LogP contribution is -2.43. The van der Waals surface area contributed by atoms with E-state index in [-0.39, 0.29) is 23.6 Å². The maximum atomic E-state index is 13.0. The number of aromatic nitrogens is 2. The molecule has 0 radical (unpaired) electrons. The highest BCUT2D eigenvalue weighted by Crippen LogP contribution is 2.30. The van der Waals surface area contributed by atoms with E-state index in [1.807, 2.05) is 11.8 Å². The van der Waals surface area contributed by atoms with Crippen LogP contribution in [0.4, 0.5) is 4.39 Å². The Morgan fingerprint density at radius 3 is 2.56 bits per heavy atom. The smallest absolute Gasteiger partial charge is 0.254 e. The number of nitrogens with one attached hydrogen (secondary N) is 1. The molecule has 6 nitrogen and oxygen atoms in total. The molecule has 2 aliphatic rings. The fourth-order valence-corrected chi connectivity index (χ4v) is 4.78. The zero-order valence-electron chi connectivity index (χ0n) is 18.6. The molecule has 1 aliphatic heterocycles. The summed E-state index contributed by atoms with van der Waals surface area (Å²) in [5, 5.41) is 2.84. The largest absolute Gasteiger partial charge is 0.348 e. The van der Waals surface area contributed by atoms with E-state index < -0.39 is 0 Å². The van der Waals surface area contributed by atoms with Crippen LogP contribution < -0.4 is 5.32 Å². The summed E-state index contributed by atoms with van der Waals surface area (Å²) in [5.41, 5.74) is 1.88. The number of piperidine rings is 1. The van der Waals surface area contributed by atoms with Gasteiger partial charge < -0.3 is 10.2 Å². The van der Waals surface area contributed by atoms with Gasteiger partial charge in [-0.2, -0.15) is 0 Å². The van der Waals surface area contributed by atoms with Crippen molar-refractivity contribution in [3.05, 3.63) is 58.9 Å². The highest BCUT2D eigenvalue weighted by molar-refractivity contribution is 5.94. The van der Waals surface area contributed by atoms with Gasteiger partial charge in [0.25, 0.3) is 5.91 Å². The first-order valence-corrected chi connectivity index (χ1v) is 11.7. The molecule has 1 aromatic carbocycles. The van der Waals surface area contributed by atoms with Gasteiger partial charge in [0.1, 0.15) is 11.6 Å². The van der Waals surface area contributed by atoms with Gasteiger partial charge in [-0.3, -0.25) is 9.59 Å². The minimum absolute atomic E-state index is 0.103. The summed E-state index contributed by atoms with van der Waals surface area (Å²) in [5.74, 6) is 0.725. The van der Waals surface area contributed by atoms with E-state index in [9.17, 15) is 14.0 Å². The molecule has 2 aromatic rings. The molecule has 0 bridgehead atoms. The normalized spacial score (nSPS) is 19.6. The molecule has 1 aliphatic carbocycles.